The van der Waals surface area contributed by atoms with Gasteiger partial charge in [0.15, 0.2) is 0 Å². The fraction of sp³-hybridized carbons (Fsp3) is 0.938. The van der Waals surface area contributed by atoms with Crippen LogP contribution in [0.1, 0.15) is 52.4 Å². The fourth-order valence-corrected chi connectivity index (χ4v) is 4.07. The average Bonchev–Trinajstić information content (AvgIpc) is 2.42. The summed E-state index contributed by atoms with van der Waals surface area (Å²) < 4.78 is 0. The molecule has 1 amide bonds. The van der Waals surface area contributed by atoms with Crippen molar-refractivity contribution in [3.05, 3.63) is 0 Å². The van der Waals surface area contributed by atoms with Crippen molar-refractivity contribution < 1.29 is 4.79 Å². The molecule has 2 saturated heterocycles. The highest BCUT2D eigenvalue weighted by molar-refractivity contribution is 5.81. The van der Waals surface area contributed by atoms with Gasteiger partial charge < -0.3 is 10.2 Å². The Morgan fingerprint density at radius 1 is 1.30 bits per heavy atom. The van der Waals surface area contributed by atoms with Crippen LogP contribution in [-0.2, 0) is 4.79 Å². The number of hydrogen-bond acceptors (Lipinski definition) is 3. The molecular formula is C16H31N3O. The predicted octanol–water partition coefficient (Wildman–Crippen LogP) is 1.85. The first-order valence-electron chi connectivity index (χ1n) is 8.26. The van der Waals surface area contributed by atoms with Crippen LogP contribution in [-0.4, -0.2) is 60.5 Å². The van der Waals surface area contributed by atoms with Crippen LogP contribution in [0.5, 0.6) is 0 Å². The number of nitrogens with one attached hydrogen (secondary N) is 1. The Kier molecular flexibility index (Phi) is 5.44. The molecule has 3 atom stereocenters. The highest BCUT2D eigenvalue weighted by atomic mass is 16.2. The summed E-state index contributed by atoms with van der Waals surface area (Å²) in [5, 5.41) is 3.69. The van der Waals surface area contributed by atoms with Crippen LogP contribution in [0.4, 0.5) is 0 Å². The van der Waals surface area contributed by atoms with E-state index in [9.17, 15) is 4.79 Å². The van der Waals surface area contributed by atoms with Crippen molar-refractivity contribution in [3.8, 4) is 0 Å². The Balaban J connectivity index is 2.02. The lowest BCUT2D eigenvalue weighted by molar-refractivity contribution is -0.138. The molecule has 0 aliphatic carbocycles. The van der Waals surface area contributed by atoms with Gasteiger partial charge >= 0.3 is 0 Å². The first-order chi connectivity index (χ1) is 9.54. The molecule has 116 valence electrons. The van der Waals surface area contributed by atoms with Gasteiger partial charge in [0.25, 0.3) is 0 Å². The Bertz CT molecular complexity index is 318. The van der Waals surface area contributed by atoms with Crippen molar-refractivity contribution in [2.24, 2.45) is 0 Å². The maximum absolute atomic E-state index is 12.3. The molecule has 1 N–H and O–H groups in total. The molecule has 2 aliphatic rings. The molecule has 4 nitrogen and oxygen atoms in total. The number of amides is 1. The summed E-state index contributed by atoms with van der Waals surface area (Å²) in [6.45, 7) is 5.44. The molecule has 2 bridgehead atoms. The van der Waals surface area contributed by atoms with Crippen molar-refractivity contribution in [1.29, 1.82) is 0 Å². The van der Waals surface area contributed by atoms with Crippen LogP contribution in [0.15, 0.2) is 0 Å². The summed E-state index contributed by atoms with van der Waals surface area (Å²) in [6, 6.07) is 1.88. The third-order valence-corrected chi connectivity index (χ3v) is 4.96. The van der Waals surface area contributed by atoms with E-state index in [1.807, 2.05) is 14.1 Å². The second kappa shape index (κ2) is 6.90. The zero-order valence-electron chi connectivity index (χ0n) is 13.6. The number of likely N-dealkylation sites (N-methyl/N-ethyl adjacent to an activating group) is 1. The molecule has 0 radical (unpaired) electrons. The summed E-state index contributed by atoms with van der Waals surface area (Å²) in [4.78, 5) is 16.6. The number of carbonyl (C=O) groups is 1. The van der Waals surface area contributed by atoms with E-state index < -0.39 is 0 Å². The molecule has 20 heavy (non-hydrogen) atoms. The van der Waals surface area contributed by atoms with Crippen LogP contribution < -0.4 is 5.32 Å². The van der Waals surface area contributed by atoms with Gasteiger partial charge in [0, 0.05) is 32.2 Å². The Morgan fingerprint density at radius 3 is 2.40 bits per heavy atom. The maximum Gasteiger partial charge on any atom is 0.239 e. The molecule has 2 fully saturated rings. The molecule has 0 aromatic carbocycles. The minimum atomic E-state index is 0.0347. The van der Waals surface area contributed by atoms with Gasteiger partial charge in [-0.25, -0.2) is 0 Å². The molecule has 2 heterocycles. The van der Waals surface area contributed by atoms with Crippen LogP contribution in [0.3, 0.4) is 0 Å². The molecule has 0 aromatic heterocycles. The van der Waals surface area contributed by atoms with E-state index in [2.05, 4.69) is 24.1 Å². The van der Waals surface area contributed by atoms with E-state index in [0.717, 1.165) is 6.54 Å². The smallest absolute Gasteiger partial charge is 0.239 e. The quantitative estimate of drug-likeness (QED) is 0.835. The molecule has 4 heteroatoms. The van der Waals surface area contributed by atoms with Crippen molar-refractivity contribution in [1.82, 2.24) is 15.1 Å². The van der Waals surface area contributed by atoms with Gasteiger partial charge in [0.1, 0.15) is 0 Å². The Hall–Kier alpha value is -0.610. The number of hydrogen-bond donors (Lipinski definition) is 1. The van der Waals surface area contributed by atoms with Gasteiger partial charge in [0.2, 0.25) is 5.91 Å². The van der Waals surface area contributed by atoms with E-state index >= 15 is 0 Å². The molecule has 0 saturated carbocycles. The summed E-state index contributed by atoms with van der Waals surface area (Å²) >= 11 is 0. The lowest BCUT2D eigenvalue weighted by Gasteiger charge is -2.51. The fourth-order valence-electron chi connectivity index (χ4n) is 4.07. The van der Waals surface area contributed by atoms with Gasteiger partial charge in [-0.1, -0.05) is 13.3 Å². The zero-order valence-corrected chi connectivity index (χ0v) is 13.6. The summed E-state index contributed by atoms with van der Waals surface area (Å²) in [5.74, 6) is 0.252. The van der Waals surface area contributed by atoms with Gasteiger partial charge in [0.05, 0.1) is 6.04 Å². The molecule has 3 unspecified atom stereocenters. The van der Waals surface area contributed by atoms with E-state index in [-0.39, 0.29) is 11.9 Å². The minimum absolute atomic E-state index is 0.0347. The standard InChI is InChI=1S/C16H31N3O/c1-5-9-17-13-10-14-7-6-8-15(11-13)19(14)12(2)16(20)18(3)4/h12-15,17H,5-11H2,1-4H3. The third kappa shape index (κ3) is 3.34. The van der Waals surface area contributed by atoms with E-state index in [1.54, 1.807) is 4.90 Å². The van der Waals surface area contributed by atoms with E-state index in [4.69, 9.17) is 0 Å². The predicted molar refractivity (Wildman–Crippen MR) is 82.7 cm³/mol. The summed E-state index contributed by atoms with van der Waals surface area (Å²) in [5.41, 5.74) is 0. The Morgan fingerprint density at radius 2 is 1.90 bits per heavy atom. The van der Waals surface area contributed by atoms with Crippen LogP contribution in [0, 0.1) is 0 Å². The number of fused-ring (bicyclic) bond motifs is 2. The minimum Gasteiger partial charge on any atom is -0.347 e. The van der Waals surface area contributed by atoms with Gasteiger partial charge in [-0.3, -0.25) is 9.69 Å². The number of nitrogens with zero attached hydrogens (tertiary/aromatic N) is 2. The second-order valence-corrected chi connectivity index (χ2v) is 6.72. The lowest BCUT2D eigenvalue weighted by atomic mass is 9.80. The third-order valence-electron chi connectivity index (χ3n) is 4.96. The molecular weight excluding hydrogens is 250 g/mol. The van der Waals surface area contributed by atoms with Crippen LogP contribution in [0.25, 0.3) is 0 Å². The number of piperidine rings is 2. The van der Waals surface area contributed by atoms with Crippen molar-refractivity contribution in [2.75, 3.05) is 20.6 Å². The van der Waals surface area contributed by atoms with Crippen LogP contribution >= 0.6 is 0 Å². The highest BCUT2D eigenvalue weighted by Crippen LogP contribution is 2.35. The van der Waals surface area contributed by atoms with Crippen molar-refractivity contribution >= 4 is 5.91 Å². The summed E-state index contributed by atoms with van der Waals surface area (Å²) in [6.07, 6.45) is 7.46. The molecule has 2 rings (SSSR count). The van der Waals surface area contributed by atoms with E-state index in [1.165, 1.54) is 38.5 Å². The topological polar surface area (TPSA) is 35.6 Å². The number of rotatable bonds is 5. The van der Waals surface area contributed by atoms with Crippen molar-refractivity contribution in [2.45, 2.75) is 76.5 Å². The normalized spacial score (nSPS) is 31.9. The monoisotopic (exact) mass is 281 g/mol. The Labute approximate surface area is 123 Å². The van der Waals surface area contributed by atoms with E-state index in [0.29, 0.717) is 18.1 Å². The first kappa shape index (κ1) is 15.8. The largest absolute Gasteiger partial charge is 0.347 e. The van der Waals surface area contributed by atoms with Gasteiger partial charge in [-0.2, -0.15) is 0 Å². The van der Waals surface area contributed by atoms with Gasteiger partial charge in [-0.15, -0.1) is 0 Å². The lowest BCUT2D eigenvalue weighted by Crippen LogP contribution is -2.61. The van der Waals surface area contributed by atoms with Crippen molar-refractivity contribution in [3.63, 3.8) is 0 Å². The average molecular weight is 281 g/mol. The zero-order chi connectivity index (χ0) is 14.7. The molecule has 0 aromatic rings. The maximum atomic E-state index is 12.3. The summed E-state index contributed by atoms with van der Waals surface area (Å²) in [7, 11) is 3.73. The molecule has 2 aliphatic heterocycles. The highest BCUT2D eigenvalue weighted by Gasteiger charge is 2.42. The van der Waals surface area contributed by atoms with Crippen LogP contribution in [0.2, 0.25) is 0 Å². The number of carbonyl (C=O) groups excluding carboxylic acids is 1. The van der Waals surface area contributed by atoms with Gasteiger partial charge in [-0.05, 0) is 45.6 Å². The second-order valence-electron chi connectivity index (χ2n) is 6.72. The SMILES string of the molecule is CCCNC1CC2CCCC(C1)N2C(C)C(=O)N(C)C. The first-order valence-corrected chi connectivity index (χ1v) is 8.26. The molecule has 0 spiro atoms.